The first kappa shape index (κ1) is 22.3. The molecule has 168 valence electrons. The first-order valence-electron chi connectivity index (χ1n) is 11.2. The van der Waals surface area contributed by atoms with Gasteiger partial charge in [-0.25, -0.2) is 0 Å². The third-order valence-electron chi connectivity index (χ3n) is 6.01. The maximum absolute atomic E-state index is 10.9. The Morgan fingerprint density at radius 1 is 0.812 bits per heavy atom. The lowest BCUT2D eigenvalue weighted by atomic mass is 9.83. The van der Waals surface area contributed by atoms with Crippen molar-refractivity contribution in [1.29, 1.82) is 0 Å². The fourth-order valence-corrected chi connectivity index (χ4v) is 4.05. The summed E-state index contributed by atoms with van der Waals surface area (Å²) in [5, 5.41) is 21.5. The van der Waals surface area contributed by atoms with E-state index in [9.17, 15) is 10.2 Å². The first-order chi connectivity index (χ1) is 15.6. The molecule has 0 bridgehead atoms. The number of β-amino-alcohol motifs (C(OH)–C–C–N with tert-alkyl or cyclic N) is 1. The summed E-state index contributed by atoms with van der Waals surface area (Å²) in [6.45, 7) is 2.93. The summed E-state index contributed by atoms with van der Waals surface area (Å²) in [6.07, 6.45) is 0.228. The van der Waals surface area contributed by atoms with Crippen LogP contribution in [0.25, 0.3) is 0 Å². The Balaban J connectivity index is 1.19. The second kappa shape index (κ2) is 10.6. The van der Waals surface area contributed by atoms with Gasteiger partial charge in [-0.1, -0.05) is 60.7 Å². The van der Waals surface area contributed by atoms with Crippen LogP contribution in [0.5, 0.6) is 11.5 Å². The molecule has 32 heavy (non-hydrogen) atoms. The maximum Gasteiger partial charge on any atom is 0.120 e. The number of rotatable bonds is 9. The van der Waals surface area contributed by atoms with E-state index >= 15 is 0 Å². The molecule has 2 atom stereocenters. The zero-order valence-electron chi connectivity index (χ0n) is 18.3. The highest BCUT2D eigenvalue weighted by Gasteiger charge is 2.40. The van der Waals surface area contributed by atoms with E-state index in [1.54, 1.807) is 0 Å². The SMILES string of the molecule is OC1CN(CCOc2ccc(OCc3ccccc3)cc2)CC[C@]1(O)Cc1ccccc1. The molecule has 1 aliphatic rings. The third kappa shape index (κ3) is 6.10. The molecule has 3 aromatic carbocycles. The molecular formula is C27H31NO4. The van der Waals surface area contributed by atoms with Crippen molar-refractivity contribution < 1.29 is 19.7 Å². The van der Waals surface area contributed by atoms with Gasteiger partial charge in [-0.3, -0.25) is 4.90 Å². The molecule has 1 fully saturated rings. The summed E-state index contributed by atoms with van der Waals surface area (Å²) in [6, 6.07) is 27.6. The molecule has 4 rings (SSSR count). The smallest absolute Gasteiger partial charge is 0.120 e. The van der Waals surface area contributed by atoms with Crippen LogP contribution in [0.2, 0.25) is 0 Å². The number of piperidine rings is 1. The molecule has 0 saturated carbocycles. The Bertz CT molecular complexity index is 948. The largest absolute Gasteiger partial charge is 0.492 e. The zero-order chi connectivity index (χ0) is 22.2. The van der Waals surface area contributed by atoms with Crippen LogP contribution >= 0.6 is 0 Å². The molecule has 2 N–H and O–H groups in total. The van der Waals surface area contributed by atoms with E-state index in [2.05, 4.69) is 4.90 Å². The van der Waals surface area contributed by atoms with E-state index in [1.165, 1.54) is 0 Å². The summed E-state index contributed by atoms with van der Waals surface area (Å²) >= 11 is 0. The van der Waals surface area contributed by atoms with Crippen molar-refractivity contribution in [3.8, 4) is 11.5 Å². The van der Waals surface area contributed by atoms with Gasteiger partial charge >= 0.3 is 0 Å². The molecule has 0 aromatic heterocycles. The topological polar surface area (TPSA) is 62.2 Å². The Kier molecular flexibility index (Phi) is 7.43. The Labute approximate surface area is 189 Å². The number of aliphatic hydroxyl groups is 2. The van der Waals surface area contributed by atoms with Crippen molar-refractivity contribution in [3.05, 3.63) is 96.1 Å². The fraction of sp³-hybridized carbons (Fsp3) is 0.333. The molecule has 0 amide bonds. The number of aliphatic hydroxyl groups excluding tert-OH is 1. The fourth-order valence-electron chi connectivity index (χ4n) is 4.05. The van der Waals surface area contributed by atoms with Gasteiger partial charge in [0.15, 0.2) is 0 Å². The molecule has 1 heterocycles. The predicted octanol–water partition coefficient (Wildman–Crippen LogP) is 3.68. The molecule has 0 spiro atoms. The van der Waals surface area contributed by atoms with Crippen LogP contribution in [-0.4, -0.2) is 53.1 Å². The average Bonchev–Trinajstić information content (AvgIpc) is 2.82. The normalized spacial score (nSPS) is 21.2. The Morgan fingerprint density at radius 3 is 2.03 bits per heavy atom. The molecule has 0 radical (unpaired) electrons. The van der Waals surface area contributed by atoms with Crippen LogP contribution in [-0.2, 0) is 13.0 Å². The maximum atomic E-state index is 10.9. The van der Waals surface area contributed by atoms with E-state index < -0.39 is 11.7 Å². The number of benzene rings is 3. The first-order valence-corrected chi connectivity index (χ1v) is 11.2. The molecular weight excluding hydrogens is 402 g/mol. The minimum atomic E-state index is -1.08. The van der Waals surface area contributed by atoms with Crippen molar-refractivity contribution in [2.45, 2.75) is 31.2 Å². The number of nitrogens with zero attached hydrogens (tertiary/aromatic N) is 1. The lowest BCUT2D eigenvalue weighted by molar-refractivity contribution is -0.119. The van der Waals surface area contributed by atoms with Crippen molar-refractivity contribution in [3.63, 3.8) is 0 Å². The van der Waals surface area contributed by atoms with Gasteiger partial charge in [0.05, 0.1) is 11.7 Å². The van der Waals surface area contributed by atoms with Gasteiger partial charge in [0.1, 0.15) is 24.7 Å². The van der Waals surface area contributed by atoms with Crippen LogP contribution in [0.1, 0.15) is 17.5 Å². The third-order valence-corrected chi connectivity index (χ3v) is 6.01. The Morgan fingerprint density at radius 2 is 1.41 bits per heavy atom. The average molecular weight is 434 g/mol. The molecule has 1 aliphatic heterocycles. The number of hydrogen-bond acceptors (Lipinski definition) is 5. The van der Waals surface area contributed by atoms with Gasteiger partial charge in [0, 0.05) is 26.1 Å². The van der Waals surface area contributed by atoms with Gasteiger partial charge in [-0.15, -0.1) is 0 Å². The molecule has 5 nitrogen and oxygen atoms in total. The molecule has 1 unspecified atom stereocenters. The summed E-state index contributed by atoms with van der Waals surface area (Å²) in [5.41, 5.74) is 1.10. The van der Waals surface area contributed by atoms with Crippen molar-refractivity contribution in [1.82, 2.24) is 4.90 Å². The van der Waals surface area contributed by atoms with Crippen LogP contribution in [0.4, 0.5) is 0 Å². The predicted molar refractivity (Wildman–Crippen MR) is 125 cm³/mol. The summed E-state index contributed by atoms with van der Waals surface area (Å²) in [5.74, 6) is 1.59. The highest BCUT2D eigenvalue weighted by molar-refractivity contribution is 5.31. The second-order valence-electron chi connectivity index (χ2n) is 8.43. The van der Waals surface area contributed by atoms with E-state index in [1.807, 2.05) is 84.9 Å². The van der Waals surface area contributed by atoms with Crippen LogP contribution in [0, 0.1) is 0 Å². The van der Waals surface area contributed by atoms with Gasteiger partial charge < -0.3 is 19.7 Å². The minimum Gasteiger partial charge on any atom is -0.492 e. The standard InChI is InChI=1S/C27H31NO4/c29-26-20-28(16-15-27(26,30)19-22-7-3-1-4-8-22)17-18-31-24-11-13-25(14-12-24)32-21-23-9-5-2-6-10-23/h1-14,26,29-30H,15-21H2/t26?,27-/m0/s1. The van der Waals surface area contributed by atoms with Crippen molar-refractivity contribution in [2.75, 3.05) is 26.2 Å². The highest BCUT2D eigenvalue weighted by atomic mass is 16.5. The number of ether oxygens (including phenoxy) is 2. The van der Waals surface area contributed by atoms with E-state index in [0.717, 1.165) is 29.2 Å². The zero-order valence-corrected chi connectivity index (χ0v) is 18.3. The van der Waals surface area contributed by atoms with Gasteiger partial charge in [0.2, 0.25) is 0 Å². The number of likely N-dealkylation sites (tertiary alicyclic amines) is 1. The molecule has 1 saturated heterocycles. The van der Waals surface area contributed by atoms with E-state index in [0.29, 0.717) is 39.1 Å². The van der Waals surface area contributed by atoms with Crippen LogP contribution in [0.15, 0.2) is 84.9 Å². The number of hydrogen-bond donors (Lipinski definition) is 2. The van der Waals surface area contributed by atoms with Gasteiger partial charge in [-0.05, 0) is 41.8 Å². The molecule has 0 aliphatic carbocycles. The summed E-state index contributed by atoms with van der Waals surface area (Å²) < 4.78 is 11.7. The minimum absolute atomic E-state index is 0.443. The summed E-state index contributed by atoms with van der Waals surface area (Å²) in [4.78, 5) is 2.14. The molecule has 3 aromatic rings. The van der Waals surface area contributed by atoms with Gasteiger partial charge in [-0.2, -0.15) is 0 Å². The monoisotopic (exact) mass is 433 g/mol. The van der Waals surface area contributed by atoms with E-state index in [4.69, 9.17) is 9.47 Å². The van der Waals surface area contributed by atoms with E-state index in [-0.39, 0.29) is 0 Å². The van der Waals surface area contributed by atoms with Crippen LogP contribution in [0.3, 0.4) is 0 Å². The lowest BCUT2D eigenvalue weighted by Gasteiger charge is -2.42. The van der Waals surface area contributed by atoms with Crippen LogP contribution < -0.4 is 9.47 Å². The quantitative estimate of drug-likeness (QED) is 0.539. The Hall–Kier alpha value is -2.86. The summed E-state index contributed by atoms with van der Waals surface area (Å²) in [7, 11) is 0. The second-order valence-corrected chi connectivity index (χ2v) is 8.43. The molecule has 5 heteroatoms. The van der Waals surface area contributed by atoms with Crippen molar-refractivity contribution >= 4 is 0 Å². The lowest BCUT2D eigenvalue weighted by Crippen LogP contribution is -2.57. The van der Waals surface area contributed by atoms with Gasteiger partial charge in [0.25, 0.3) is 0 Å². The highest BCUT2D eigenvalue weighted by Crippen LogP contribution is 2.27. The van der Waals surface area contributed by atoms with Crippen molar-refractivity contribution in [2.24, 2.45) is 0 Å².